The topological polar surface area (TPSA) is 56.6 Å². The summed E-state index contributed by atoms with van der Waals surface area (Å²) in [5.74, 6) is 1.20. The fourth-order valence-corrected chi connectivity index (χ4v) is 4.73. The number of carbonyl (C=O) groups excluding carboxylic acids is 1. The number of para-hydroxylation sites is 2. The van der Waals surface area contributed by atoms with Crippen LogP contribution < -0.4 is 4.74 Å². The summed E-state index contributed by atoms with van der Waals surface area (Å²) in [5.41, 5.74) is 0.522. The number of fused-ring (bicyclic) bond motifs is 1. The van der Waals surface area contributed by atoms with E-state index in [0.717, 1.165) is 48.8 Å². The van der Waals surface area contributed by atoms with Gasteiger partial charge in [0.15, 0.2) is 0 Å². The molecule has 0 bridgehead atoms. The van der Waals surface area contributed by atoms with E-state index in [1.54, 1.807) is 4.90 Å². The van der Waals surface area contributed by atoms with Crippen molar-refractivity contribution in [2.24, 2.45) is 5.92 Å². The molecule has 1 aliphatic heterocycles. The van der Waals surface area contributed by atoms with Crippen LogP contribution in [0.15, 0.2) is 48.5 Å². The van der Waals surface area contributed by atoms with E-state index in [1.807, 2.05) is 45.0 Å². The van der Waals surface area contributed by atoms with Crippen molar-refractivity contribution in [3.8, 4) is 5.75 Å². The molecule has 37 heavy (non-hydrogen) atoms. The maximum atomic E-state index is 13.1. The Kier molecular flexibility index (Phi) is 7.99. The maximum absolute atomic E-state index is 13.1. The molecule has 1 amide bonds. The summed E-state index contributed by atoms with van der Waals surface area (Å²) in [6.07, 6.45) is -0.843. The van der Waals surface area contributed by atoms with Gasteiger partial charge in [0, 0.05) is 19.6 Å². The van der Waals surface area contributed by atoms with E-state index in [2.05, 4.69) is 9.55 Å². The van der Waals surface area contributed by atoms with Crippen LogP contribution in [0.1, 0.15) is 57.8 Å². The average Bonchev–Trinajstić information content (AvgIpc) is 3.19. The predicted molar refractivity (Wildman–Crippen MR) is 135 cm³/mol. The molecule has 2 heterocycles. The zero-order valence-electron chi connectivity index (χ0n) is 21.6. The monoisotopic (exact) mass is 517 g/mol. The van der Waals surface area contributed by atoms with Crippen molar-refractivity contribution in [2.75, 3.05) is 13.1 Å². The van der Waals surface area contributed by atoms with Gasteiger partial charge in [-0.15, -0.1) is 0 Å². The van der Waals surface area contributed by atoms with Gasteiger partial charge in [0.2, 0.25) is 0 Å². The lowest BCUT2D eigenvalue weighted by Crippen LogP contribution is -2.42. The van der Waals surface area contributed by atoms with Gasteiger partial charge in [0.1, 0.15) is 23.8 Å². The molecule has 0 saturated carbocycles. The van der Waals surface area contributed by atoms with Crippen molar-refractivity contribution in [2.45, 2.75) is 71.4 Å². The summed E-state index contributed by atoms with van der Waals surface area (Å²) < 4.78 is 52.6. The Bertz CT molecular complexity index is 1220. The highest BCUT2D eigenvalue weighted by atomic mass is 19.4. The molecule has 4 rings (SSSR count). The number of hydrogen-bond acceptors (Lipinski definition) is 4. The highest BCUT2D eigenvalue weighted by Crippen LogP contribution is 2.31. The van der Waals surface area contributed by atoms with Gasteiger partial charge < -0.3 is 18.9 Å². The lowest BCUT2D eigenvalue weighted by atomic mass is 9.93. The van der Waals surface area contributed by atoms with Crippen molar-refractivity contribution < 1.29 is 27.4 Å². The Morgan fingerprint density at radius 1 is 1.11 bits per heavy atom. The van der Waals surface area contributed by atoms with Crippen molar-refractivity contribution >= 4 is 17.1 Å². The fourth-order valence-electron chi connectivity index (χ4n) is 4.73. The number of rotatable bonds is 7. The smallest absolute Gasteiger partial charge is 0.416 e. The second kappa shape index (κ2) is 11.0. The van der Waals surface area contributed by atoms with Crippen LogP contribution in [0, 0.1) is 5.92 Å². The van der Waals surface area contributed by atoms with Gasteiger partial charge in [-0.2, -0.15) is 13.2 Å². The minimum absolute atomic E-state index is 0.0613. The highest BCUT2D eigenvalue weighted by Gasteiger charge is 2.31. The summed E-state index contributed by atoms with van der Waals surface area (Å²) in [6.45, 7) is 7.78. The first-order chi connectivity index (χ1) is 17.5. The van der Waals surface area contributed by atoms with Crippen molar-refractivity contribution in [1.82, 2.24) is 14.5 Å². The number of nitrogens with zero attached hydrogens (tertiary/aromatic N) is 3. The number of halogens is 3. The Morgan fingerprint density at radius 3 is 2.65 bits per heavy atom. The molecule has 6 nitrogen and oxygen atoms in total. The van der Waals surface area contributed by atoms with Crippen LogP contribution in [0.5, 0.6) is 5.75 Å². The summed E-state index contributed by atoms with van der Waals surface area (Å²) >= 11 is 0. The molecule has 0 spiro atoms. The average molecular weight is 518 g/mol. The zero-order valence-corrected chi connectivity index (χ0v) is 21.6. The van der Waals surface area contributed by atoms with E-state index >= 15 is 0 Å². The molecule has 1 aliphatic rings. The fraction of sp³-hybridized carbons (Fsp3) is 0.500. The molecular weight excluding hydrogens is 483 g/mol. The van der Waals surface area contributed by atoms with Gasteiger partial charge in [0.05, 0.1) is 16.6 Å². The molecular formula is C28H34F3N3O3. The quantitative estimate of drug-likeness (QED) is 0.337. The molecule has 0 N–H and O–H groups in total. The molecule has 2 aromatic carbocycles. The first kappa shape index (κ1) is 26.8. The molecule has 1 saturated heterocycles. The molecule has 1 aromatic heterocycles. The van der Waals surface area contributed by atoms with Gasteiger partial charge in [-0.25, -0.2) is 9.78 Å². The van der Waals surface area contributed by atoms with E-state index in [-0.39, 0.29) is 18.4 Å². The third kappa shape index (κ3) is 7.17. The second-order valence-corrected chi connectivity index (χ2v) is 10.6. The minimum atomic E-state index is -4.43. The van der Waals surface area contributed by atoms with Crippen LogP contribution in [0.2, 0.25) is 0 Å². The number of imidazole rings is 1. The molecule has 9 heteroatoms. The number of benzene rings is 2. The largest absolute Gasteiger partial charge is 0.486 e. The highest BCUT2D eigenvalue weighted by molar-refractivity contribution is 5.75. The predicted octanol–water partition coefficient (Wildman–Crippen LogP) is 7.06. The number of aromatic nitrogens is 2. The Hall–Kier alpha value is -3.23. The number of ether oxygens (including phenoxy) is 2. The lowest BCUT2D eigenvalue weighted by Gasteiger charge is -2.34. The summed E-state index contributed by atoms with van der Waals surface area (Å²) in [7, 11) is 0. The SMILES string of the molecule is CC(C)(C)OC(=O)N1CCCC(CCCn2c(COc3cccc(C(F)(F)F)c3)nc3ccccc32)C1. The van der Waals surface area contributed by atoms with Crippen LogP contribution in [0.4, 0.5) is 18.0 Å². The number of alkyl halides is 3. The first-order valence-corrected chi connectivity index (χ1v) is 12.7. The molecule has 200 valence electrons. The van der Waals surface area contributed by atoms with E-state index in [4.69, 9.17) is 9.47 Å². The van der Waals surface area contributed by atoms with Crippen molar-refractivity contribution in [1.29, 1.82) is 0 Å². The van der Waals surface area contributed by atoms with E-state index in [1.165, 1.54) is 12.1 Å². The summed E-state index contributed by atoms with van der Waals surface area (Å²) in [4.78, 5) is 19.0. The van der Waals surface area contributed by atoms with Gasteiger partial charge in [-0.05, 0) is 82.7 Å². The normalized spacial score (nSPS) is 16.7. The number of carbonyl (C=O) groups is 1. The molecule has 1 atom stereocenters. The van der Waals surface area contributed by atoms with Gasteiger partial charge >= 0.3 is 12.3 Å². The van der Waals surface area contributed by atoms with Crippen LogP contribution in [-0.4, -0.2) is 39.2 Å². The Balaban J connectivity index is 1.40. The van der Waals surface area contributed by atoms with Crippen molar-refractivity contribution in [3.63, 3.8) is 0 Å². The number of likely N-dealkylation sites (tertiary alicyclic amines) is 1. The molecule has 3 aromatic rings. The van der Waals surface area contributed by atoms with Crippen LogP contribution in [-0.2, 0) is 24.1 Å². The van der Waals surface area contributed by atoms with Crippen LogP contribution in [0.25, 0.3) is 11.0 Å². The Morgan fingerprint density at radius 2 is 1.89 bits per heavy atom. The van der Waals surface area contributed by atoms with E-state index in [0.29, 0.717) is 31.4 Å². The molecule has 1 unspecified atom stereocenters. The van der Waals surface area contributed by atoms with E-state index in [9.17, 15) is 18.0 Å². The third-order valence-corrected chi connectivity index (χ3v) is 6.43. The molecule has 0 radical (unpaired) electrons. The van der Waals surface area contributed by atoms with Crippen LogP contribution >= 0.6 is 0 Å². The third-order valence-electron chi connectivity index (χ3n) is 6.43. The molecule has 0 aliphatic carbocycles. The van der Waals surface area contributed by atoms with Crippen molar-refractivity contribution in [3.05, 3.63) is 59.9 Å². The first-order valence-electron chi connectivity index (χ1n) is 12.7. The Labute approximate surface area is 215 Å². The van der Waals surface area contributed by atoms with E-state index < -0.39 is 17.3 Å². The summed E-state index contributed by atoms with van der Waals surface area (Å²) in [6, 6.07) is 12.6. The number of hydrogen-bond donors (Lipinski definition) is 0. The minimum Gasteiger partial charge on any atom is -0.486 e. The zero-order chi connectivity index (χ0) is 26.6. The van der Waals surface area contributed by atoms with Gasteiger partial charge in [-0.1, -0.05) is 18.2 Å². The molecule has 1 fully saturated rings. The van der Waals surface area contributed by atoms with Gasteiger partial charge in [0.25, 0.3) is 0 Å². The maximum Gasteiger partial charge on any atom is 0.416 e. The van der Waals surface area contributed by atoms with Crippen LogP contribution in [0.3, 0.4) is 0 Å². The lowest BCUT2D eigenvalue weighted by molar-refractivity contribution is -0.137. The standard InChI is InChI=1S/C28H34F3N3O3/c1-27(2,3)37-26(35)33-15-7-9-20(18-33)10-8-16-34-24-14-5-4-13-23(24)32-25(34)19-36-22-12-6-11-21(17-22)28(29,30)31/h4-6,11-14,17,20H,7-10,15-16,18-19H2,1-3H3. The summed E-state index contributed by atoms with van der Waals surface area (Å²) in [5, 5.41) is 0. The van der Waals surface area contributed by atoms with Gasteiger partial charge in [-0.3, -0.25) is 0 Å². The number of piperidine rings is 1. The second-order valence-electron chi connectivity index (χ2n) is 10.6. The number of amides is 1. The number of aryl methyl sites for hydroxylation is 1.